The van der Waals surface area contributed by atoms with E-state index >= 15 is 0 Å². The topological polar surface area (TPSA) is 87.3 Å². The van der Waals surface area contributed by atoms with Crippen molar-refractivity contribution in [2.75, 3.05) is 11.9 Å². The molecule has 0 aliphatic carbocycles. The summed E-state index contributed by atoms with van der Waals surface area (Å²) < 4.78 is 27.3. The number of anilines is 1. The Bertz CT molecular complexity index is 901. The predicted molar refractivity (Wildman–Crippen MR) is 109 cm³/mol. The van der Waals surface area contributed by atoms with Gasteiger partial charge in [0.05, 0.1) is 4.90 Å². The molecule has 2 amide bonds. The van der Waals surface area contributed by atoms with Crippen molar-refractivity contribution in [1.29, 1.82) is 0 Å². The lowest BCUT2D eigenvalue weighted by atomic mass is 10.2. The fraction of sp³-hybridized carbons (Fsp3) is 0.278. The molecule has 146 valence electrons. The zero-order valence-corrected chi connectivity index (χ0v) is 17.3. The van der Waals surface area contributed by atoms with Crippen LogP contribution in [-0.2, 0) is 16.6 Å². The summed E-state index contributed by atoms with van der Waals surface area (Å²) in [6.07, 6.45) is 0. The van der Waals surface area contributed by atoms with Crippen molar-refractivity contribution in [2.45, 2.75) is 25.3 Å². The molecule has 0 spiro atoms. The van der Waals surface area contributed by atoms with Gasteiger partial charge in [0.2, 0.25) is 10.0 Å². The van der Waals surface area contributed by atoms with Crippen LogP contribution in [0.25, 0.3) is 0 Å². The monoisotopic (exact) mass is 429 g/mol. The Morgan fingerprint density at radius 3 is 2.33 bits per heavy atom. The number of carbonyl (C=O) groups is 1. The molecule has 0 unspecified atom stereocenters. The molecule has 2 rings (SSSR count). The Morgan fingerprint density at radius 1 is 1.07 bits per heavy atom. The fourth-order valence-corrected chi connectivity index (χ4v) is 3.59. The molecule has 0 aliphatic heterocycles. The average molecular weight is 430 g/mol. The molecule has 0 saturated carbocycles. The normalized spacial score (nSPS) is 11.4. The summed E-state index contributed by atoms with van der Waals surface area (Å²) in [4.78, 5) is 11.8. The van der Waals surface area contributed by atoms with E-state index in [1.165, 1.54) is 24.3 Å². The van der Waals surface area contributed by atoms with Crippen LogP contribution < -0.4 is 15.4 Å². The zero-order chi connectivity index (χ0) is 20.0. The minimum Gasteiger partial charge on any atom is -0.338 e. The molecule has 2 aromatic carbocycles. The van der Waals surface area contributed by atoms with Gasteiger partial charge < -0.3 is 10.6 Å². The van der Waals surface area contributed by atoms with E-state index in [9.17, 15) is 13.2 Å². The first-order chi connectivity index (χ1) is 12.7. The second-order valence-corrected chi connectivity index (χ2v) is 8.92. The Balaban J connectivity index is 1.99. The number of rotatable bonds is 7. The molecule has 9 heteroatoms. The van der Waals surface area contributed by atoms with E-state index in [0.717, 1.165) is 0 Å². The molecular weight excluding hydrogens is 409 g/mol. The summed E-state index contributed by atoms with van der Waals surface area (Å²) in [7, 11) is -3.72. The molecule has 3 N–H and O–H groups in total. The minimum atomic E-state index is -3.72. The van der Waals surface area contributed by atoms with Gasteiger partial charge in [0.25, 0.3) is 0 Å². The summed E-state index contributed by atoms with van der Waals surface area (Å²) in [6, 6.07) is 10.4. The third kappa shape index (κ3) is 6.70. The van der Waals surface area contributed by atoms with Gasteiger partial charge in [0.1, 0.15) is 0 Å². The largest absolute Gasteiger partial charge is 0.338 e. The van der Waals surface area contributed by atoms with E-state index in [4.69, 9.17) is 23.2 Å². The highest BCUT2D eigenvalue weighted by atomic mass is 35.5. The van der Waals surface area contributed by atoms with Crippen molar-refractivity contribution in [3.8, 4) is 0 Å². The highest BCUT2D eigenvalue weighted by Gasteiger charge is 2.15. The second-order valence-electron chi connectivity index (χ2n) is 6.31. The molecule has 0 bridgehead atoms. The number of urea groups is 1. The van der Waals surface area contributed by atoms with Crippen LogP contribution in [0.3, 0.4) is 0 Å². The molecule has 6 nitrogen and oxygen atoms in total. The summed E-state index contributed by atoms with van der Waals surface area (Å²) >= 11 is 11.9. The Labute approximate surface area is 169 Å². The highest BCUT2D eigenvalue weighted by molar-refractivity contribution is 7.89. The summed E-state index contributed by atoms with van der Waals surface area (Å²) in [5.41, 5.74) is 1.11. The van der Waals surface area contributed by atoms with E-state index in [0.29, 0.717) is 33.8 Å². The first-order valence-corrected chi connectivity index (χ1v) is 10.5. The fourth-order valence-electron chi connectivity index (χ4n) is 2.11. The number of sulfonamides is 1. The molecule has 2 aromatic rings. The summed E-state index contributed by atoms with van der Waals surface area (Å²) in [5.74, 6) is 0.337. The molecule has 0 saturated heterocycles. The van der Waals surface area contributed by atoms with E-state index in [1.54, 1.807) is 18.2 Å². The van der Waals surface area contributed by atoms with Gasteiger partial charge in [-0.25, -0.2) is 17.9 Å². The number of nitrogens with one attached hydrogen (secondary N) is 3. The quantitative estimate of drug-likeness (QED) is 0.614. The van der Waals surface area contributed by atoms with Gasteiger partial charge in [0.15, 0.2) is 0 Å². The maximum atomic E-state index is 12.4. The first kappa shape index (κ1) is 21.5. The second kappa shape index (κ2) is 9.41. The molecular formula is C18H21Cl2N3O3S. The molecule has 0 atom stereocenters. The van der Waals surface area contributed by atoms with Gasteiger partial charge in [-0.15, -0.1) is 0 Å². The molecule has 0 aromatic heterocycles. The number of benzene rings is 2. The standard InChI is InChI=1S/C18H21Cl2N3O3S/c1-12(2)10-21-18(24)23-15-5-7-16(8-6-15)27(25,26)22-11-13-3-4-14(19)9-17(13)20/h3-9,12,22H,10-11H2,1-2H3,(H2,21,23,24). The Morgan fingerprint density at radius 2 is 1.74 bits per heavy atom. The molecule has 27 heavy (non-hydrogen) atoms. The van der Waals surface area contributed by atoms with E-state index in [2.05, 4.69) is 15.4 Å². The van der Waals surface area contributed by atoms with E-state index in [1.807, 2.05) is 13.8 Å². The minimum absolute atomic E-state index is 0.0376. The van der Waals surface area contributed by atoms with Crippen molar-refractivity contribution < 1.29 is 13.2 Å². The smallest absolute Gasteiger partial charge is 0.319 e. The van der Waals surface area contributed by atoms with Crippen molar-refractivity contribution in [3.05, 3.63) is 58.1 Å². The average Bonchev–Trinajstić information content (AvgIpc) is 2.60. The van der Waals surface area contributed by atoms with Crippen LogP contribution >= 0.6 is 23.2 Å². The van der Waals surface area contributed by atoms with Crippen LogP contribution in [0.2, 0.25) is 10.0 Å². The van der Waals surface area contributed by atoms with E-state index < -0.39 is 10.0 Å². The Kier molecular flexibility index (Phi) is 7.49. The van der Waals surface area contributed by atoms with Crippen molar-refractivity contribution in [3.63, 3.8) is 0 Å². The number of hydrogen-bond donors (Lipinski definition) is 3. The number of carbonyl (C=O) groups excluding carboxylic acids is 1. The van der Waals surface area contributed by atoms with Crippen molar-refractivity contribution in [2.24, 2.45) is 5.92 Å². The van der Waals surface area contributed by atoms with Gasteiger partial charge in [-0.3, -0.25) is 0 Å². The van der Waals surface area contributed by atoms with Gasteiger partial charge in [0, 0.05) is 28.8 Å². The van der Waals surface area contributed by atoms with Gasteiger partial charge in [-0.1, -0.05) is 43.1 Å². The van der Waals surface area contributed by atoms with Crippen LogP contribution in [0.5, 0.6) is 0 Å². The molecule has 0 fully saturated rings. The van der Waals surface area contributed by atoms with Crippen LogP contribution in [-0.4, -0.2) is 21.0 Å². The maximum absolute atomic E-state index is 12.4. The lowest BCUT2D eigenvalue weighted by Gasteiger charge is -2.11. The molecule has 0 aliphatic rings. The zero-order valence-electron chi connectivity index (χ0n) is 14.9. The van der Waals surface area contributed by atoms with Gasteiger partial charge in [-0.2, -0.15) is 0 Å². The van der Waals surface area contributed by atoms with Crippen molar-refractivity contribution >= 4 is 44.9 Å². The molecule has 0 heterocycles. The van der Waals surface area contributed by atoms with Crippen LogP contribution in [0.15, 0.2) is 47.4 Å². The van der Waals surface area contributed by atoms with Gasteiger partial charge >= 0.3 is 6.03 Å². The van der Waals surface area contributed by atoms with E-state index in [-0.39, 0.29) is 17.5 Å². The lowest BCUT2D eigenvalue weighted by Crippen LogP contribution is -2.31. The number of halogens is 2. The Hall–Kier alpha value is -1.80. The number of amides is 2. The summed E-state index contributed by atoms with van der Waals surface area (Å²) in [6.45, 7) is 4.57. The lowest BCUT2D eigenvalue weighted by molar-refractivity contribution is 0.251. The summed E-state index contributed by atoms with van der Waals surface area (Å²) in [5, 5.41) is 6.24. The molecule has 0 radical (unpaired) electrons. The highest BCUT2D eigenvalue weighted by Crippen LogP contribution is 2.21. The van der Waals surface area contributed by atoms with Crippen LogP contribution in [0.1, 0.15) is 19.4 Å². The third-order valence-electron chi connectivity index (χ3n) is 3.56. The predicted octanol–water partition coefficient (Wildman–Crippen LogP) is 4.25. The number of hydrogen-bond acceptors (Lipinski definition) is 3. The maximum Gasteiger partial charge on any atom is 0.319 e. The van der Waals surface area contributed by atoms with Crippen LogP contribution in [0, 0.1) is 5.92 Å². The van der Waals surface area contributed by atoms with Crippen molar-refractivity contribution in [1.82, 2.24) is 10.0 Å². The first-order valence-electron chi connectivity index (χ1n) is 8.26. The van der Waals surface area contributed by atoms with Gasteiger partial charge in [-0.05, 0) is 47.9 Å². The van der Waals surface area contributed by atoms with Crippen LogP contribution in [0.4, 0.5) is 10.5 Å². The SMILES string of the molecule is CC(C)CNC(=O)Nc1ccc(S(=O)(=O)NCc2ccc(Cl)cc2Cl)cc1. The third-order valence-corrected chi connectivity index (χ3v) is 5.57.